The van der Waals surface area contributed by atoms with E-state index in [1.807, 2.05) is 38.1 Å². The normalized spacial score (nSPS) is 11.5. The molecule has 4 rings (SSSR count). The molecular formula is C24H22N4O4S2. The number of nitrogens with zero attached hydrogens (tertiary/aromatic N) is 2. The van der Waals surface area contributed by atoms with Gasteiger partial charge in [-0.05, 0) is 61.9 Å². The molecule has 0 aliphatic carbocycles. The van der Waals surface area contributed by atoms with Crippen molar-refractivity contribution in [2.24, 2.45) is 5.14 Å². The van der Waals surface area contributed by atoms with Gasteiger partial charge in [0.05, 0.1) is 27.2 Å². The van der Waals surface area contributed by atoms with Crippen molar-refractivity contribution in [2.45, 2.75) is 23.9 Å². The maximum absolute atomic E-state index is 13.4. The Hall–Kier alpha value is -3.47. The number of fused-ring (bicyclic) bond motifs is 1. The third-order valence-corrected chi connectivity index (χ3v) is 7.00. The van der Waals surface area contributed by atoms with Gasteiger partial charge in [0.25, 0.3) is 5.56 Å². The SMILES string of the molecule is Cc1ccc(-n2c(SCC(=O)Nc3ccc(S(N)(=O)=O)cc3)nc3ccccc3c2=O)c(C)c1. The van der Waals surface area contributed by atoms with Gasteiger partial charge in [-0.2, -0.15) is 0 Å². The fourth-order valence-electron chi connectivity index (χ4n) is 3.53. The number of hydrogen-bond donors (Lipinski definition) is 2. The molecule has 10 heteroatoms. The highest BCUT2D eigenvalue weighted by atomic mass is 32.2. The molecule has 0 unspecified atom stereocenters. The van der Waals surface area contributed by atoms with Crippen LogP contribution in [0.15, 0.2) is 81.6 Å². The summed E-state index contributed by atoms with van der Waals surface area (Å²) < 4.78 is 24.3. The Morgan fingerprint density at radius 2 is 1.76 bits per heavy atom. The maximum atomic E-state index is 13.4. The Morgan fingerprint density at radius 1 is 1.06 bits per heavy atom. The number of nitrogens with two attached hydrogens (primary N) is 1. The van der Waals surface area contributed by atoms with Crippen molar-refractivity contribution in [3.8, 4) is 5.69 Å². The lowest BCUT2D eigenvalue weighted by atomic mass is 10.1. The second-order valence-corrected chi connectivity index (χ2v) is 10.3. The van der Waals surface area contributed by atoms with Gasteiger partial charge in [-0.3, -0.25) is 14.2 Å². The minimum Gasteiger partial charge on any atom is -0.325 e. The van der Waals surface area contributed by atoms with Crippen LogP contribution >= 0.6 is 11.8 Å². The van der Waals surface area contributed by atoms with Crippen molar-refractivity contribution in [1.82, 2.24) is 9.55 Å². The van der Waals surface area contributed by atoms with E-state index in [0.717, 1.165) is 22.9 Å². The first-order valence-electron chi connectivity index (χ1n) is 10.3. The van der Waals surface area contributed by atoms with E-state index in [-0.39, 0.29) is 22.1 Å². The van der Waals surface area contributed by atoms with Gasteiger partial charge in [0.15, 0.2) is 5.16 Å². The number of benzene rings is 3. The zero-order valence-electron chi connectivity index (χ0n) is 18.5. The largest absolute Gasteiger partial charge is 0.325 e. The van der Waals surface area contributed by atoms with E-state index in [0.29, 0.717) is 27.4 Å². The molecule has 0 aliphatic rings. The van der Waals surface area contributed by atoms with Crippen molar-refractivity contribution in [1.29, 1.82) is 0 Å². The second kappa shape index (κ2) is 9.41. The molecule has 4 aromatic rings. The molecule has 34 heavy (non-hydrogen) atoms. The second-order valence-electron chi connectivity index (χ2n) is 7.75. The van der Waals surface area contributed by atoms with E-state index in [1.54, 1.807) is 18.2 Å². The Kier molecular flexibility index (Phi) is 6.56. The number of hydrogen-bond acceptors (Lipinski definition) is 6. The highest BCUT2D eigenvalue weighted by Gasteiger charge is 2.16. The van der Waals surface area contributed by atoms with Crippen LogP contribution in [0.4, 0.5) is 5.69 Å². The Bertz CT molecular complexity index is 1560. The molecule has 1 heterocycles. The van der Waals surface area contributed by atoms with Crippen molar-refractivity contribution in [3.05, 3.63) is 88.2 Å². The predicted octanol–water partition coefficient (Wildman–Crippen LogP) is 3.38. The van der Waals surface area contributed by atoms with Gasteiger partial charge in [0.1, 0.15) is 0 Å². The van der Waals surface area contributed by atoms with Crippen LogP contribution in [0.1, 0.15) is 11.1 Å². The van der Waals surface area contributed by atoms with Crippen molar-refractivity contribution >= 4 is 44.3 Å². The maximum Gasteiger partial charge on any atom is 0.266 e. The summed E-state index contributed by atoms with van der Waals surface area (Å²) in [6, 6.07) is 18.4. The molecule has 0 aliphatic heterocycles. The summed E-state index contributed by atoms with van der Waals surface area (Å²) in [7, 11) is -3.81. The minimum atomic E-state index is -3.81. The van der Waals surface area contributed by atoms with E-state index in [4.69, 9.17) is 5.14 Å². The zero-order chi connectivity index (χ0) is 24.5. The summed E-state index contributed by atoms with van der Waals surface area (Å²) >= 11 is 1.14. The van der Waals surface area contributed by atoms with Gasteiger partial charge >= 0.3 is 0 Å². The molecule has 0 radical (unpaired) electrons. The van der Waals surface area contributed by atoms with E-state index in [9.17, 15) is 18.0 Å². The summed E-state index contributed by atoms with van der Waals surface area (Å²) in [6.07, 6.45) is 0. The summed E-state index contributed by atoms with van der Waals surface area (Å²) in [4.78, 5) is 30.6. The Labute approximate surface area is 200 Å². The number of carbonyl (C=O) groups is 1. The van der Waals surface area contributed by atoms with E-state index >= 15 is 0 Å². The fraction of sp³-hybridized carbons (Fsp3) is 0.125. The third kappa shape index (κ3) is 5.04. The molecule has 0 atom stereocenters. The van der Waals surface area contributed by atoms with Crippen LogP contribution in [-0.2, 0) is 14.8 Å². The summed E-state index contributed by atoms with van der Waals surface area (Å²) in [5, 5.41) is 8.70. The number of thioether (sulfide) groups is 1. The highest BCUT2D eigenvalue weighted by molar-refractivity contribution is 7.99. The van der Waals surface area contributed by atoms with Crippen molar-refractivity contribution in [2.75, 3.05) is 11.1 Å². The van der Waals surface area contributed by atoms with Crippen LogP contribution in [-0.4, -0.2) is 29.6 Å². The third-order valence-electron chi connectivity index (χ3n) is 5.14. The van der Waals surface area contributed by atoms with Gasteiger partial charge in [0.2, 0.25) is 15.9 Å². The van der Waals surface area contributed by atoms with Gasteiger partial charge in [-0.25, -0.2) is 18.5 Å². The average molecular weight is 495 g/mol. The average Bonchev–Trinajstić information content (AvgIpc) is 2.78. The lowest BCUT2D eigenvalue weighted by Crippen LogP contribution is -2.23. The van der Waals surface area contributed by atoms with E-state index in [1.165, 1.54) is 28.8 Å². The number of aryl methyl sites for hydroxylation is 2. The number of nitrogens with one attached hydrogen (secondary N) is 1. The zero-order valence-corrected chi connectivity index (χ0v) is 20.1. The van der Waals surface area contributed by atoms with E-state index in [2.05, 4.69) is 10.3 Å². The lowest BCUT2D eigenvalue weighted by Gasteiger charge is -2.15. The molecule has 0 saturated heterocycles. The van der Waals surface area contributed by atoms with Crippen LogP contribution in [0.3, 0.4) is 0 Å². The number of rotatable bonds is 6. The monoisotopic (exact) mass is 494 g/mol. The first-order chi connectivity index (χ1) is 16.1. The Balaban J connectivity index is 1.63. The number of amides is 1. The lowest BCUT2D eigenvalue weighted by molar-refractivity contribution is -0.113. The Morgan fingerprint density at radius 3 is 2.44 bits per heavy atom. The van der Waals surface area contributed by atoms with Crippen LogP contribution in [0.5, 0.6) is 0 Å². The van der Waals surface area contributed by atoms with Crippen LogP contribution in [0, 0.1) is 13.8 Å². The molecule has 0 spiro atoms. The molecule has 1 amide bonds. The fourth-order valence-corrected chi connectivity index (χ4v) is 4.85. The quantitative estimate of drug-likeness (QED) is 0.313. The van der Waals surface area contributed by atoms with Gasteiger partial charge in [-0.15, -0.1) is 0 Å². The highest BCUT2D eigenvalue weighted by Crippen LogP contribution is 2.24. The first kappa shape index (κ1) is 23.7. The summed E-state index contributed by atoms with van der Waals surface area (Å²) in [5.41, 5.74) is 3.46. The van der Waals surface area contributed by atoms with Crippen LogP contribution < -0.4 is 16.0 Å². The number of carbonyl (C=O) groups excluding carboxylic acids is 1. The standard InChI is InChI=1S/C24H22N4O4S2/c1-15-7-12-21(16(2)13-15)28-23(30)19-5-3-4-6-20(19)27-24(28)33-14-22(29)26-17-8-10-18(11-9-17)34(25,31)32/h3-13H,14H2,1-2H3,(H,26,29)(H2,25,31,32). The van der Waals surface area contributed by atoms with Gasteiger partial charge in [0, 0.05) is 5.69 Å². The molecule has 3 aromatic carbocycles. The number of primary sulfonamides is 1. The summed E-state index contributed by atoms with van der Waals surface area (Å²) in [5.74, 6) is -0.338. The van der Waals surface area contributed by atoms with Crippen LogP contribution in [0.2, 0.25) is 0 Å². The number of aromatic nitrogens is 2. The number of para-hydroxylation sites is 1. The van der Waals surface area contributed by atoms with Gasteiger partial charge in [-0.1, -0.05) is 41.6 Å². The molecule has 174 valence electrons. The molecule has 0 saturated carbocycles. The smallest absolute Gasteiger partial charge is 0.266 e. The topological polar surface area (TPSA) is 124 Å². The minimum absolute atomic E-state index is 0.00731. The predicted molar refractivity (Wildman–Crippen MR) is 134 cm³/mol. The molecule has 0 bridgehead atoms. The van der Waals surface area contributed by atoms with Crippen LogP contribution in [0.25, 0.3) is 16.6 Å². The van der Waals surface area contributed by atoms with Crippen molar-refractivity contribution < 1.29 is 13.2 Å². The van der Waals surface area contributed by atoms with Crippen molar-refractivity contribution in [3.63, 3.8) is 0 Å². The molecule has 1 aromatic heterocycles. The molecule has 0 fully saturated rings. The number of sulfonamides is 1. The molecular weight excluding hydrogens is 472 g/mol. The first-order valence-corrected chi connectivity index (χ1v) is 12.8. The summed E-state index contributed by atoms with van der Waals surface area (Å²) in [6.45, 7) is 3.91. The molecule has 3 N–H and O–H groups in total. The number of anilines is 1. The van der Waals surface area contributed by atoms with E-state index < -0.39 is 10.0 Å². The van der Waals surface area contributed by atoms with Gasteiger partial charge < -0.3 is 5.32 Å². The molecule has 8 nitrogen and oxygen atoms in total.